The van der Waals surface area contributed by atoms with Crippen LogP contribution in [-0.2, 0) is 11.2 Å². The molecule has 7 heteroatoms. The summed E-state index contributed by atoms with van der Waals surface area (Å²) in [5.41, 5.74) is 8.74. The predicted octanol–water partition coefficient (Wildman–Crippen LogP) is 3.12. The van der Waals surface area contributed by atoms with Gasteiger partial charge in [-0.05, 0) is 31.4 Å². The van der Waals surface area contributed by atoms with E-state index in [9.17, 15) is 4.79 Å². The second kappa shape index (κ2) is 6.91. The Morgan fingerprint density at radius 2 is 2.24 bits per heavy atom. The maximum atomic E-state index is 11.1. The molecule has 1 amide bonds. The standard InChI is InChI=1S/C14H18N4OS2/c1-4-10-7-5-6-8(2)11(10)16-13-17-18-14(21-13)20-9(3)12(15)19/h5-7,9H,4H2,1-3H3,(H2,15,19)(H,16,17). The summed E-state index contributed by atoms with van der Waals surface area (Å²) in [7, 11) is 0. The van der Waals surface area contributed by atoms with Crippen LogP contribution < -0.4 is 11.1 Å². The number of carbonyl (C=O) groups is 1. The molecular weight excluding hydrogens is 304 g/mol. The van der Waals surface area contributed by atoms with Gasteiger partial charge in [-0.15, -0.1) is 10.2 Å². The summed E-state index contributed by atoms with van der Waals surface area (Å²) in [6.45, 7) is 5.95. The zero-order chi connectivity index (χ0) is 15.4. The lowest BCUT2D eigenvalue weighted by Gasteiger charge is -2.11. The van der Waals surface area contributed by atoms with Crippen molar-refractivity contribution in [1.82, 2.24) is 10.2 Å². The molecule has 5 nitrogen and oxygen atoms in total. The van der Waals surface area contributed by atoms with Gasteiger partial charge in [0, 0.05) is 5.69 Å². The van der Waals surface area contributed by atoms with E-state index in [-0.39, 0.29) is 11.2 Å². The first-order valence-corrected chi connectivity index (χ1v) is 8.35. The van der Waals surface area contributed by atoms with Crippen LogP contribution in [0.3, 0.4) is 0 Å². The number of amides is 1. The minimum atomic E-state index is -0.350. The second-order valence-electron chi connectivity index (χ2n) is 4.62. The van der Waals surface area contributed by atoms with E-state index in [0.29, 0.717) is 0 Å². The van der Waals surface area contributed by atoms with Gasteiger partial charge in [0.15, 0.2) is 4.34 Å². The van der Waals surface area contributed by atoms with Crippen molar-refractivity contribution in [3.05, 3.63) is 29.3 Å². The van der Waals surface area contributed by atoms with Crippen molar-refractivity contribution in [1.29, 1.82) is 0 Å². The third-order valence-electron chi connectivity index (χ3n) is 3.06. The lowest BCUT2D eigenvalue weighted by atomic mass is 10.1. The van der Waals surface area contributed by atoms with Gasteiger partial charge >= 0.3 is 0 Å². The average Bonchev–Trinajstić information content (AvgIpc) is 2.88. The molecular formula is C14H18N4OS2. The Kier molecular flexibility index (Phi) is 5.19. The van der Waals surface area contributed by atoms with Gasteiger partial charge in [0.2, 0.25) is 11.0 Å². The Morgan fingerprint density at radius 3 is 2.90 bits per heavy atom. The van der Waals surface area contributed by atoms with Crippen LogP contribution in [0, 0.1) is 6.92 Å². The zero-order valence-electron chi connectivity index (χ0n) is 12.2. The fourth-order valence-electron chi connectivity index (χ4n) is 1.83. The third-order valence-corrected chi connectivity index (χ3v) is 5.10. The Bertz CT molecular complexity index is 642. The summed E-state index contributed by atoms with van der Waals surface area (Å²) in [4.78, 5) is 11.1. The average molecular weight is 322 g/mol. The van der Waals surface area contributed by atoms with E-state index in [4.69, 9.17) is 5.73 Å². The summed E-state index contributed by atoms with van der Waals surface area (Å²) >= 11 is 2.75. The molecule has 3 N–H and O–H groups in total. The molecule has 1 aromatic heterocycles. The number of thioether (sulfide) groups is 1. The number of aromatic nitrogens is 2. The summed E-state index contributed by atoms with van der Waals surface area (Å²) in [5.74, 6) is -0.350. The van der Waals surface area contributed by atoms with Crippen LogP contribution in [0.2, 0.25) is 0 Å². The molecule has 0 fully saturated rings. The lowest BCUT2D eigenvalue weighted by Crippen LogP contribution is -2.22. The van der Waals surface area contributed by atoms with Crippen LogP contribution in [0.15, 0.2) is 22.5 Å². The number of carbonyl (C=O) groups excluding carboxylic acids is 1. The monoisotopic (exact) mass is 322 g/mol. The summed E-state index contributed by atoms with van der Waals surface area (Å²) in [6, 6.07) is 6.21. The number of primary amides is 1. The van der Waals surface area contributed by atoms with Gasteiger partial charge in [0.05, 0.1) is 5.25 Å². The Morgan fingerprint density at radius 1 is 1.48 bits per heavy atom. The minimum absolute atomic E-state index is 0.310. The van der Waals surface area contributed by atoms with Gasteiger partial charge in [0.1, 0.15) is 0 Å². The van der Waals surface area contributed by atoms with Gasteiger partial charge in [-0.2, -0.15) is 0 Å². The fourth-order valence-corrected chi connectivity index (χ4v) is 3.68. The molecule has 21 heavy (non-hydrogen) atoms. The number of para-hydroxylation sites is 1. The molecule has 0 bridgehead atoms. The molecule has 0 spiro atoms. The van der Waals surface area contributed by atoms with Crippen molar-refractivity contribution < 1.29 is 4.79 Å². The number of hydrogen-bond donors (Lipinski definition) is 2. The lowest BCUT2D eigenvalue weighted by molar-refractivity contribution is -0.117. The van der Waals surface area contributed by atoms with Crippen molar-refractivity contribution in [3.8, 4) is 0 Å². The molecule has 2 aromatic rings. The van der Waals surface area contributed by atoms with Gasteiger partial charge < -0.3 is 11.1 Å². The highest BCUT2D eigenvalue weighted by atomic mass is 32.2. The van der Waals surface area contributed by atoms with E-state index in [0.717, 1.165) is 21.6 Å². The van der Waals surface area contributed by atoms with E-state index in [1.807, 2.05) is 0 Å². The largest absolute Gasteiger partial charge is 0.369 e. The summed E-state index contributed by atoms with van der Waals surface area (Å²) in [5, 5.41) is 11.9. The molecule has 1 heterocycles. The molecule has 0 radical (unpaired) electrons. The Hall–Kier alpha value is -1.60. The predicted molar refractivity (Wildman–Crippen MR) is 88.3 cm³/mol. The molecule has 1 atom stereocenters. The highest BCUT2D eigenvalue weighted by Gasteiger charge is 2.15. The molecule has 0 aliphatic carbocycles. The summed E-state index contributed by atoms with van der Waals surface area (Å²) in [6.07, 6.45) is 0.948. The first-order valence-electron chi connectivity index (χ1n) is 6.66. The number of rotatable bonds is 6. The van der Waals surface area contributed by atoms with Gasteiger partial charge in [-0.1, -0.05) is 48.2 Å². The number of aryl methyl sites for hydroxylation is 2. The van der Waals surface area contributed by atoms with Crippen LogP contribution in [0.4, 0.5) is 10.8 Å². The smallest absolute Gasteiger partial charge is 0.230 e. The topological polar surface area (TPSA) is 80.9 Å². The van der Waals surface area contributed by atoms with E-state index in [2.05, 4.69) is 47.6 Å². The number of anilines is 2. The maximum Gasteiger partial charge on any atom is 0.230 e. The molecule has 0 saturated heterocycles. The molecule has 1 aromatic carbocycles. The first kappa shape index (κ1) is 15.8. The van der Waals surface area contributed by atoms with Crippen molar-refractivity contribution in [3.63, 3.8) is 0 Å². The zero-order valence-corrected chi connectivity index (χ0v) is 13.8. The number of benzene rings is 1. The molecule has 1 unspecified atom stereocenters. The highest BCUT2D eigenvalue weighted by molar-refractivity contribution is 8.02. The Balaban J connectivity index is 2.15. The quantitative estimate of drug-likeness (QED) is 0.799. The van der Waals surface area contributed by atoms with Crippen molar-refractivity contribution in [2.24, 2.45) is 5.73 Å². The number of nitrogens with one attached hydrogen (secondary N) is 1. The number of hydrogen-bond acceptors (Lipinski definition) is 6. The highest BCUT2D eigenvalue weighted by Crippen LogP contribution is 2.32. The SMILES string of the molecule is CCc1cccc(C)c1Nc1nnc(SC(C)C(N)=O)s1. The van der Waals surface area contributed by atoms with E-state index < -0.39 is 0 Å². The molecule has 0 aliphatic rings. The van der Waals surface area contributed by atoms with Crippen molar-refractivity contribution in [2.75, 3.05) is 5.32 Å². The number of nitrogens with two attached hydrogens (primary N) is 1. The Labute approximate surface area is 132 Å². The molecule has 112 valence electrons. The fraction of sp³-hybridized carbons (Fsp3) is 0.357. The molecule has 2 rings (SSSR count). The third kappa shape index (κ3) is 3.95. The van der Waals surface area contributed by atoms with Crippen LogP contribution in [-0.4, -0.2) is 21.4 Å². The van der Waals surface area contributed by atoms with Gasteiger partial charge in [-0.3, -0.25) is 4.79 Å². The van der Waals surface area contributed by atoms with E-state index >= 15 is 0 Å². The van der Waals surface area contributed by atoms with Gasteiger partial charge in [0.25, 0.3) is 0 Å². The second-order valence-corrected chi connectivity index (χ2v) is 7.19. The van der Waals surface area contributed by atoms with Crippen LogP contribution in [0.25, 0.3) is 0 Å². The summed E-state index contributed by atoms with van der Waals surface area (Å²) < 4.78 is 0.732. The number of nitrogens with zero attached hydrogens (tertiary/aromatic N) is 2. The van der Waals surface area contributed by atoms with Crippen LogP contribution in [0.1, 0.15) is 25.0 Å². The molecule has 0 aliphatic heterocycles. The van der Waals surface area contributed by atoms with Gasteiger partial charge in [-0.25, -0.2) is 0 Å². The maximum absolute atomic E-state index is 11.1. The van der Waals surface area contributed by atoms with E-state index in [1.165, 1.54) is 34.2 Å². The van der Waals surface area contributed by atoms with E-state index in [1.54, 1.807) is 6.92 Å². The minimum Gasteiger partial charge on any atom is -0.369 e. The first-order chi connectivity index (χ1) is 10.0. The van der Waals surface area contributed by atoms with Crippen molar-refractivity contribution >= 4 is 39.8 Å². The van der Waals surface area contributed by atoms with Crippen molar-refractivity contribution in [2.45, 2.75) is 36.8 Å². The van der Waals surface area contributed by atoms with Crippen LogP contribution in [0.5, 0.6) is 0 Å². The normalized spacial score (nSPS) is 12.1. The molecule has 0 saturated carbocycles. The van der Waals surface area contributed by atoms with Crippen LogP contribution >= 0.6 is 23.1 Å².